The van der Waals surface area contributed by atoms with E-state index in [1.807, 2.05) is 30.3 Å². The van der Waals surface area contributed by atoms with E-state index in [1.165, 1.54) is 0 Å². The van der Waals surface area contributed by atoms with E-state index in [-0.39, 0.29) is 0 Å². The van der Waals surface area contributed by atoms with Crippen molar-refractivity contribution in [3.05, 3.63) is 35.9 Å². The van der Waals surface area contributed by atoms with Crippen LogP contribution in [-0.4, -0.2) is 50.8 Å². The fourth-order valence-electron chi connectivity index (χ4n) is 1.91. The molecule has 0 aliphatic rings. The second-order valence-electron chi connectivity index (χ2n) is 5.06. The summed E-state index contributed by atoms with van der Waals surface area (Å²) in [5, 5.41) is 10.7. The van der Waals surface area contributed by atoms with Crippen LogP contribution in [-0.2, 0) is 20.8 Å². The van der Waals surface area contributed by atoms with Crippen molar-refractivity contribution in [3.63, 3.8) is 0 Å². The molecular formula is C17H27NO5. The van der Waals surface area contributed by atoms with Crippen LogP contribution >= 0.6 is 0 Å². The number of carbonyl (C=O) groups is 1. The Morgan fingerprint density at radius 1 is 0.870 bits per heavy atom. The number of unbranched alkanes of at least 4 members (excludes halogenated alkanes) is 2. The van der Waals surface area contributed by atoms with E-state index in [2.05, 4.69) is 5.32 Å². The third-order valence-electron chi connectivity index (χ3n) is 3.10. The first-order valence-corrected chi connectivity index (χ1v) is 8.03. The number of rotatable bonds is 14. The average Bonchev–Trinajstić information content (AvgIpc) is 2.56. The number of nitrogens with one attached hydrogen (secondary N) is 1. The molecule has 0 atom stereocenters. The van der Waals surface area contributed by atoms with Crippen LogP contribution < -0.4 is 5.32 Å². The van der Waals surface area contributed by atoms with Crippen LogP contribution in [0.15, 0.2) is 30.3 Å². The van der Waals surface area contributed by atoms with E-state index in [0.29, 0.717) is 46.2 Å². The number of amides is 1. The highest BCUT2D eigenvalue weighted by Crippen LogP contribution is 2.00. The van der Waals surface area contributed by atoms with Gasteiger partial charge in [-0.1, -0.05) is 30.3 Å². The normalized spacial score (nSPS) is 10.6. The molecule has 0 unspecified atom stereocenters. The zero-order valence-corrected chi connectivity index (χ0v) is 13.5. The Kier molecular flexibility index (Phi) is 11.8. The molecule has 0 heterocycles. The van der Waals surface area contributed by atoms with E-state index in [0.717, 1.165) is 24.8 Å². The van der Waals surface area contributed by atoms with E-state index >= 15 is 0 Å². The van der Waals surface area contributed by atoms with Crippen molar-refractivity contribution in [2.45, 2.75) is 25.9 Å². The fraction of sp³-hybridized carbons (Fsp3) is 0.588. The summed E-state index contributed by atoms with van der Waals surface area (Å²) in [5.74, 6) is 0. The van der Waals surface area contributed by atoms with Gasteiger partial charge in [0.2, 0.25) is 0 Å². The maximum atomic E-state index is 10.2. The third kappa shape index (κ3) is 12.6. The van der Waals surface area contributed by atoms with Crippen molar-refractivity contribution in [2.75, 3.05) is 39.6 Å². The summed E-state index contributed by atoms with van der Waals surface area (Å²) in [4.78, 5) is 10.2. The third-order valence-corrected chi connectivity index (χ3v) is 3.10. The standard InChI is InChI=1S/C17H27NO5/c19-17(20)18-9-5-2-6-10-21-11-12-22-13-14-23-15-16-7-3-1-4-8-16/h1,3-4,7-8,18H,2,5-6,9-15H2,(H,19,20). The quantitative estimate of drug-likeness (QED) is 0.514. The summed E-state index contributed by atoms with van der Waals surface area (Å²) in [5.41, 5.74) is 1.16. The van der Waals surface area contributed by atoms with Gasteiger partial charge in [-0.3, -0.25) is 0 Å². The van der Waals surface area contributed by atoms with Crippen LogP contribution in [0.2, 0.25) is 0 Å². The van der Waals surface area contributed by atoms with Crippen LogP contribution in [0.1, 0.15) is 24.8 Å². The minimum absolute atomic E-state index is 0.501. The van der Waals surface area contributed by atoms with E-state index in [4.69, 9.17) is 19.3 Å². The molecule has 0 saturated carbocycles. The lowest BCUT2D eigenvalue weighted by Crippen LogP contribution is -2.21. The molecule has 130 valence electrons. The predicted molar refractivity (Wildman–Crippen MR) is 87.6 cm³/mol. The molecule has 0 spiro atoms. The van der Waals surface area contributed by atoms with Crippen molar-refractivity contribution in [1.29, 1.82) is 0 Å². The summed E-state index contributed by atoms with van der Waals surface area (Å²) in [6.45, 7) is 4.07. The van der Waals surface area contributed by atoms with Gasteiger partial charge in [0.05, 0.1) is 33.0 Å². The van der Waals surface area contributed by atoms with Gasteiger partial charge in [-0.2, -0.15) is 0 Å². The molecule has 0 radical (unpaired) electrons. The minimum Gasteiger partial charge on any atom is -0.465 e. The van der Waals surface area contributed by atoms with Gasteiger partial charge in [0, 0.05) is 13.2 Å². The molecule has 6 nitrogen and oxygen atoms in total. The maximum Gasteiger partial charge on any atom is 0.404 e. The molecule has 0 aliphatic heterocycles. The Balaban J connectivity index is 1.74. The summed E-state index contributed by atoms with van der Waals surface area (Å²) in [6, 6.07) is 10.0. The first-order valence-electron chi connectivity index (χ1n) is 8.03. The molecule has 0 bridgehead atoms. The summed E-state index contributed by atoms with van der Waals surface area (Å²) in [6.07, 6.45) is 1.76. The lowest BCUT2D eigenvalue weighted by Gasteiger charge is -2.07. The summed E-state index contributed by atoms with van der Waals surface area (Å²) in [7, 11) is 0. The minimum atomic E-state index is -0.967. The molecule has 23 heavy (non-hydrogen) atoms. The van der Waals surface area contributed by atoms with Crippen molar-refractivity contribution in [3.8, 4) is 0 Å². The largest absolute Gasteiger partial charge is 0.465 e. The van der Waals surface area contributed by atoms with Crippen LogP contribution in [0.4, 0.5) is 4.79 Å². The number of carboxylic acid groups (broad SMARTS) is 1. The Morgan fingerprint density at radius 3 is 2.22 bits per heavy atom. The van der Waals surface area contributed by atoms with Gasteiger partial charge in [0.1, 0.15) is 0 Å². The van der Waals surface area contributed by atoms with Crippen LogP contribution in [0.25, 0.3) is 0 Å². The monoisotopic (exact) mass is 325 g/mol. The van der Waals surface area contributed by atoms with Gasteiger partial charge >= 0.3 is 6.09 Å². The van der Waals surface area contributed by atoms with Crippen LogP contribution in [0, 0.1) is 0 Å². The Morgan fingerprint density at radius 2 is 1.52 bits per heavy atom. The van der Waals surface area contributed by atoms with Gasteiger partial charge in [-0.15, -0.1) is 0 Å². The van der Waals surface area contributed by atoms with Crippen LogP contribution in [0.5, 0.6) is 0 Å². The number of hydrogen-bond donors (Lipinski definition) is 2. The molecule has 1 amide bonds. The van der Waals surface area contributed by atoms with E-state index in [9.17, 15) is 4.79 Å². The van der Waals surface area contributed by atoms with Gasteiger partial charge < -0.3 is 24.6 Å². The highest BCUT2D eigenvalue weighted by molar-refractivity contribution is 5.64. The predicted octanol–water partition coefficient (Wildman–Crippen LogP) is 2.67. The molecule has 1 rings (SSSR count). The zero-order valence-electron chi connectivity index (χ0n) is 13.5. The van der Waals surface area contributed by atoms with E-state index in [1.54, 1.807) is 0 Å². The first-order chi connectivity index (χ1) is 11.3. The van der Waals surface area contributed by atoms with Gasteiger partial charge in [0.15, 0.2) is 0 Å². The molecule has 0 aliphatic carbocycles. The average molecular weight is 325 g/mol. The maximum absolute atomic E-state index is 10.2. The van der Waals surface area contributed by atoms with Gasteiger partial charge in [-0.05, 0) is 24.8 Å². The number of ether oxygens (including phenoxy) is 3. The molecule has 0 aromatic heterocycles. The number of benzene rings is 1. The Labute approximate surface area is 137 Å². The lowest BCUT2D eigenvalue weighted by molar-refractivity contribution is 0.0100. The SMILES string of the molecule is O=C(O)NCCCCCOCCOCCOCc1ccccc1. The van der Waals surface area contributed by atoms with E-state index < -0.39 is 6.09 Å². The van der Waals surface area contributed by atoms with Crippen molar-refractivity contribution < 1.29 is 24.1 Å². The first kappa shape index (κ1) is 19.4. The molecule has 6 heteroatoms. The highest BCUT2D eigenvalue weighted by Gasteiger charge is 1.95. The van der Waals surface area contributed by atoms with Gasteiger partial charge in [0.25, 0.3) is 0 Å². The van der Waals surface area contributed by atoms with Crippen LogP contribution in [0.3, 0.4) is 0 Å². The second-order valence-corrected chi connectivity index (χ2v) is 5.06. The fourth-order valence-corrected chi connectivity index (χ4v) is 1.91. The van der Waals surface area contributed by atoms with Gasteiger partial charge in [-0.25, -0.2) is 4.79 Å². The summed E-state index contributed by atoms with van der Waals surface area (Å²) >= 11 is 0. The summed E-state index contributed by atoms with van der Waals surface area (Å²) < 4.78 is 16.4. The highest BCUT2D eigenvalue weighted by atomic mass is 16.5. The lowest BCUT2D eigenvalue weighted by atomic mass is 10.2. The smallest absolute Gasteiger partial charge is 0.404 e. The zero-order chi connectivity index (χ0) is 16.6. The molecular weight excluding hydrogens is 298 g/mol. The van der Waals surface area contributed by atoms with Crippen molar-refractivity contribution >= 4 is 6.09 Å². The second kappa shape index (κ2) is 14.0. The number of hydrogen-bond acceptors (Lipinski definition) is 4. The molecule has 0 saturated heterocycles. The Hall–Kier alpha value is -1.63. The Bertz CT molecular complexity index is 399. The molecule has 2 N–H and O–H groups in total. The van der Waals surface area contributed by atoms with Crippen molar-refractivity contribution in [1.82, 2.24) is 5.32 Å². The van der Waals surface area contributed by atoms with Crippen molar-refractivity contribution in [2.24, 2.45) is 0 Å². The molecule has 1 aromatic rings. The molecule has 0 fully saturated rings. The molecule has 1 aromatic carbocycles. The topological polar surface area (TPSA) is 77.0 Å².